The van der Waals surface area contributed by atoms with Crippen LogP contribution in [-0.4, -0.2) is 87.7 Å². The van der Waals surface area contributed by atoms with Crippen LogP contribution in [0, 0.1) is 0 Å². The third-order valence-electron chi connectivity index (χ3n) is 7.94. The van der Waals surface area contributed by atoms with E-state index in [1.54, 1.807) is 0 Å². The minimum Gasteiger partial charge on any atom is -0.481 e. The Labute approximate surface area is 230 Å². The maximum atomic E-state index is 13.5. The Morgan fingerprint density at radius 1 is 0.850 bits per heavy atom. The molecule has 2 heterocycles. The number of ether oxygens (including phenoxy) is 1. The summed E-state index contributed by atoms with van der Waals surface area (Å²) in [7, 11) is 0. The number of fused-ring (bicyclic) bond motifs is 3. The second-order valence-electron chi connectivity index (χ2n) is 10.3. The van der Waals surface area contributed by atoms with Gasteiger partial charge in [0.25, 0.3) is 0 Å². The molecule has 3 atom stereocenters. The number of carboxylic acids is 2. The number of rotatable bonds is 8. The molecule has 2 saturated heterocycles. The molecule has 40 heavy (non-hydrogen) atoms. The van der Waals surface area contributed by atoms with Crippen LogP contribution in [-0.2, 0) is 23.9 Å². The molecule has 3 amide bonds. The fraction of sp³-hybridized carbons (Fsp3) is 0.414. The van der Waals surface area contributed by atoms with Crippen molar-refractivity contribution in [1.82, 2.24) is 15.1 Å². The third-order valence-corrected chi connectivity index (χ3v) is 7.94. The van der Waals surface area contributed by atoms with Crippen molar-refractivity contribution in [3.8, 4) is 11.1 Å². The fourth-order valence-electron chi connectivity index (χ4n) is 6.06. The number of hydrogen-bond acceptors (Lipinski definition) is 6. The van der Waals surface area contributed by atoms with Crippen LogP contribution in [0.3, 0.4) is 0 Å². The number of amides is 3. The molecule has 0 aromatic heterocycles. The molecule has 0 unspecified atom stereocenters. The summed E-state index contributed by atoms with van der Waals surface area (Å²) in [5.41, 5.74) is 4.39. The van der Waals surface area contributed by atoms with E-state index in [0.29, 0.717) is 32.2 Å². The Morgan fingerprint density at radius 3 is 2.02 bits per heavy atom. The van der Waals surface area contributed by atoms with Gasteiger partial charge in [0.1, 0.15) is 24.7 Å². The summed E-state index contributed by atoms with van der Waals surface area (Å²) in [6.45, 7) is 0.749. The van der Waals surface area contributed by atoms with Crippen molar-refractivity contribution in [3.63, 3.8) is 0 Å². The van der Waals surface area contributed by atoms with Crippen LogP contribution in [0.25, 0.3) is 11.1 Å². The maximum absolute atomic E-state index is 13.5. The maximum Gasteiger partial charge on any atom is 0.410 e. The number of carbonyl (C=O) groups is 5. The zero-order valence-electron chi connectivity index (χ0n) is 21.8. The predicted molar refractivity (Wildman–Crippen MR) is 141 cm³/mol. The SMILES string of the molecule is O=C(O)C[C@@H](NC(=O)[C@H]1CCCN1C(=O)[C@H]1CCCN1C(=O)OCC1c2ccccc2-c2ccccc21)C(=O)O. The van der Waals surface area contributed by atoms with E-state index in [9.17, 15) is 29.1 Å². The fourth-order valence-corrected chi connectivity index (χ4v) is 6.06. The summed E-state index contributed by atoms with van der Waals surface area (Å²) >= 11 is 0. The number of carbonyl (C=O) groups excluding carboxylic acids is 3. The van der Waals surface area contributed by atoms with E-state index in [4.69, 9.17) is 9.84 Å². The van der Waals surface area contributed by atoms with Gasteiger partial charge in [0.05, 0.1) is 6.42 Å². The first kappa shape index (κ1) is 27.2. The van der Waals surface area contributed by atoms with Gasteiger partial charge in [0, 0.05) is 19.0 Å². The largest absolute Gasteiger partial charge is 0.481 e. The molecule has 2 aliphatic heterocycles. The second-order valence-corrected chi connectivity index (χ2v) is 10.3. The molecule has 210 valence electrons. The van der Waals surface area contributed by atoms with Gasteiger partial charge in [-0.25, -0.2) is 9.59 Å². The number of likely N-dealkylation sites (tertiary alicyclic amines) is 2. The number of aliphatic carboxylic acids is 2. The van der Waals surface area contributed by atoms with E-state index in [2.05, 4.69) is 5.32 Å². The van der Waals surface area contributed by atoms with Gasteiger partial charge in [-0.3, -0.25) is 19.3 Å². The molecule has 2 aromatic rings. The van der Waals surface area contributed by atoms with Crippen molar-refractivity contribution in [3.05, 3.63) is 59.7 Å². The Morgan fingerprint density at radius 2 is 1.43 bits per heavy atom. The van der Waals surface area contributed by atoms with E-state index in [1.807, 2.05) is 48.5 Å². The number of nitrogens with zero attached hydrogens (tertiary/aromatic N) is 2. The van der Waals surface area contributed by atoms with Crippen LogP contribution in [0.4, 0.5) is 4.79 Å². The topological polar surface area (TPSA) is 154 Å². The number of carboxylic acid groups (broad SMARTS) is 2. The Balaban J connectivity index is 1.24. The Hall–Kier alpha value is -4.41. The lowest BCUT2D eigenvalue weighted by molar-refractivity contribution is -0.148. The highest BCUT2D eigenvalue weighted by Gasteiger charge is 2.43. The van der Waals surface area contributed by atoms with Crippen LogP contribution < -0.4 is 5.32 Å². The summed E-state index contributed by atoms with van der Waals surface area (Å²) in [5.74, 6) is -4.06. The monoisotopic (exact) mass is 549 g/mol. The van der Waals surface area contributed by atoms with Gasteiger partial charge in [0.2, 0.25) is 11.8 Å². The quantitative estimate of drug-likeness (QED) is 0.454. The first-order valence-corrected chi connectivity index (χ1v) is 13.4. The first-order chi connectivity index (χ1) is 19.3. The molecule has 11 nitrogen and oxygen atoms in total. The minimum absolute atomic E-state index is 0.118. The number of hydrogen-bond donors (Lipinski definition) is 3. The lowest BCUT2D eigenvalue weighted by Crippen LogP contribution is -2.55. The van der Waals surface area contributed by atoms with Gasteiger partial charge in [-0.15, -0.1) is 0 Å². The van der Waals surface area contributed by atoms with Crippen molar-refractivity contribution < 1.29 is 38.9 Å². The molecule has 5 rings (SSSR count). The summed E-state index contributed by atoms with van der Waals surface area (Å²) in [4.78, 5) is 64.8. The first-order valence-electron chi connectivity index (χ1n) is 13.4. The molecule has 0 saturated carbocycles. The summed E-state index contributed by atoms with van der Waals surface area (Å²) in [6, 6.07) is 12.7. The zero-order chi connectivity index (χ0) is 28.4. The smallest absolute Gasteiger partial charge is 0.410 e. The minimum atomic E-state index is -1.61. The van der Waals surface area contributed by atoms with Gasteiger partial charge in [0.15, 0.2) is 0 Å². The van der Waals surface area contributed by atoms with Gasteiger partial charge in [-0.2, -0.15) is 0 Å². The van der Waals surface area contributed by atoms with Gasteiger partial charge in [-0.05, 0) is 47.9 Å². The third kappa shape index (κ3) is 5.23. The lowest BCUT2D eigenvalue weighted by Gasteiger charge is -2.31. The molecule has 11 heteroatoms. The highest BCUT2D eigenvalue weighted by atomic mass is 16.6. The standard InChI is InChI=1S/C29H31N3O8/c33-25(34)15-22(28(37)38)30-26(35)23-11-5-13-31(23)27(36)24-12-6-14-32(24)29(39)40-16-21-19-9-3-1-7-17(19)18-8-2-4-10-20(18)21/h1-4,7-10,21-24H,5-6,11-16H2,(H,30,35)(H,33,34)(H,37,38)/t22-,23-,24-/m1/s1. The zero-order valence-corrected chi connectivity index (χ0v) is 21.8. The van der Waals surface area contributed by atoms with Crippen molar-refractivity contribution in [2.45, 2.75) is 56.1 Å². The predicted octanol–water partition coefficient (Wildman–Crippen LogP) is 2.44. The summed E-state index contributed by atoms with van der Waals surface area (Å²) < 4.78 is 5.77. The molecule has 0 spiro atoms. The Bertz CT molecular complexity index is 1300. The molecule has 1 aliphatic carbocycles. The number of benzene rings is 2. The van der Waals surface area contributed by atoms with Crippen LogP contribution >= 0.6 is 0 Å². The molecular formula is C29H31N3O8. The van der Waals surface area contributed by atoms with Crippen LogP contribution in [0.1, 0.15) is 49.1 Å². The second kappa shape index (κ2) is 11.4. The van der Waals surface area contributed by atoms with Crippen molar-refractivity contribution >= 4 is 29.8 Å². The summed E-state index contributed by atoms with van der Waals surface area (Å²) in [6.07, 6.45) is 0.493. The lowest BCUT2D eigenvalue weighted by atomic mass is 9.98. The average molecular weight is 550 g/mol. The molecule has 3 aliphatic rings. The van der Waals surface area contributed by atoms with E-state index < -0.39 is 54.4 Å². The molecule has 3 N–H and O–H groups in total. The van der Waals surface area contributed by atoms with Gasteiger partial charge < -0.3 is 25.2 Å². The van der Waals surface area contributed by atoms with E-state index in [-0.39, 0.29) is 19.1 Å². The normalized spacial score (nSPS) is 20.5. The molecule has 2 fully saturated rings. The molecular weight excluding hydrogens is 518 g/mol. The van der Waals surface area contributed by atoms with E-state index >= 15 is 0 Å². The molecule has 2 aromatic carbocycles. The van der Waals surface area contributed by atoms with E-state index in [0.717, 1.165) is 22.3 Å². The molecule has 0 bridgehead atoms. The van der Waals surface area contributed by atoms with Crippen LogP contribution in [0.2, 0.25) is 0 Å². The highest BCUT2D eigenvalue weighted by molar-refractivity contribution is 5.94. The average Bonchev–Trinajstić information content (AvgIpc) is 3.69. The van der Waals surface area contributed by atoms with Gasteiger partial charge >= 0.3 is 18.0 Å². The van der Waals surface area contributed by atoms with Crippen molar-refractivity contribution in [1.29, 1.82) is 0 Å². The molecule has 0 radical (unpaired) electrons. The van der Waals surface area contributed by atoms with Gasteiger partial charge in [-0.1, -0.05) is 48.5 Å². The van der Waals surface area contributed by atoms with Crippen LogP contribution in [0.15, 0.2) is 48.5 Å². The van der Waals surface area contributed by atoms with Crippen molar-refractivity contribution in [2.75, 3.05) is 19.7 Å². The highest BCUT2D eigenvalue weighted by Crippen LogP contribution is 2.44. The van der Waals surface area contributed by atoms with Crippen molar-refractivity contribution in [2.24, 2.45) is 0 Å². The number of nitrogens with one attached hydrogen (secondary N) is 1. The van der Waals surface area contributed by atoms with E-state index in [1.165, 1.54) is 9.80 Å². The summed E-state index contributed by atoms with van der Waals surface area (Å²) in [5, 5.41) is 20.5. The van der Waals surface area contributed by atoms with Crippen LogP contribution in [0.5, 0.6) is 0 Å². The Kier molecular flexibility index (Phi) is 7.72.